The summed E-state index contributed by atoms with van der Waals surface area (Å²) in [6, 6.07) is 0. The molecule has 0 aliphatic carbocycles. The van der Waals surface area contributed by atoms with Crippen LogP contribution in [0.15, 0.2) is 12.7 Å². The maximum absolute atomic E-state index is 3.77. The van der Waals surface area contributed by atoms with Gasteiger partial charge in [0.15, 0.2) is 0 Å². The van der Waals surface area contributed by atoms with Crippen LogP contribution in [0.3, 0.4) is 0 Å². The maximum atomic E-state index is 3.77. The van der Waals surface area contributed by atoms with Crippen molar-refractivity contribution in [1.82, 2.24) is 0 Å². The van der Waals surface area contributed by atoms with Crippen LogP contribution >= 0.6 is 0 Å². The van der Waals surface area contributed by atoms with Crippen molar-refractivity contribution in [1.29, 1.82) is 0 Å². The Morgan fingerprint density at radius 3 is 1.83 bits per heavy atom. The highest BCUT2D eigenvalue weighted by atomic mass is 14.7. The lowest BCUT2D eigenvalue weighted by atomic mass is 10.1. The second kappa shape index (κ2) is 1.43. The molecule has 1 heteroatoms. The van der Waals surface area contributed by atoms with Crippen LogP contribution < -0.4 is 5.73 Å². The molecular formula is C5H12N+. The number of rotatable bonds is 1. The Morgan fingerprint density at radius 2 is 1.83 bits per heavy atom. The van der Waals surface area contributed by atoms with Crippen LogP contribution in [0.5, 0.6) is 0 Å². The molecule has 0 saturated carbocycles. The molecule has 0 radical (unpaired) electrons. The van der Waals surface area contributed by atoms with E-state index in [-0.39, 0.29) is 5.54 Å². The Hall–Kier alpha value is -0.300. The molecule has 36 valence electrons. The van der Waals surface area contributed by atoms with Gasteiger partial charge in [-0.15, -0.1) is 0 Å². The second-order valence-electron chi connectivity index (χ2n) is 2.19. The van der Waals surface area contributed by atoms with Gasteiger partial charge in [0.25, 0.3) is 0 Å². The van der Waals surface area contributed by atoms with E-state index in [1.54, 1.807) is 0 Å². The number of hydrogen-bond acceptors (Lipinski definition) is 0. The standard InChI is InChI=1S/C5H11N/c1-4-5(2,3)6/h4H,1,6H2,2-3H3/p+1. The predicted molar refractivity (Wildman–Crippen MR) is 27.2 cm³/mol. The summed E-state index contributed by atoms with van der Waals surface area (Å²) in [7, 11) is 0. The molecule has 0 aliphatic rings. The molecule has 0 aromatic heterocycles. The first-order valence-corrected chi connectivity index (χ1v) is 2.05. The minimum Gasteiger partial charge on any atom is -0.350 e. The SMILES string of the molecule is C=CC(C)(C)[NH3+]. The average molecular weight is 86.2 g/mol. The molecule has 0 rings (SSSR count). The van der Waals surface area contributed by atoms with Crippen molar-refractivity contribution in [2.24, 2.45) is 0 Å². The van der Waals surface area contributed by atoms with Crippen LogP contribution in [0.4, 0.5) is 0 Å². The van der Waals surface area contributed by atoms with Gasteiger partial charge in [-0.3, -0.25) is 0 Å². The smallest absolute Gasteiger partial charge is 0.107 e. The van der Waals surface area contributed by atoms with E-state index in [1.165, 1.54) is 0 Å². The topological polar surface area (TPSA) is 27.6 Å². The molecule has 0 spiro atoms. The van der Waals surface area contributed by atoms with Crippen molar-refractivity contribution in [2.75, 3.05) is 0 Å². The van der Waals surface area contributed by atoms with Crippen molar-refractivity contribution in [3.05, 3.63) is 12.7 Å². The third-order valence-corrected chi connectivity index (χ3v) is 0.553. The molecule has 0 saturated heterocycles. The van der Waals surface area contributed by atoms with Crippen LogP contribution in [-0.2, 0) is 0 Å². The van der Waals surface area contributed by atoms with Gasteiger partial charge in [-0.25, -0.2) is 0 Å². The normalized spacial score (nSPS) is 11.2. The van der Waals surface area contributed by atoms with Gasteiger partial charge in [0, 0.05) is 0 Å². The summed E-state index contributed by atoms with van der Waals surface area (Å²) in [5.74, 6) is 0. The summed E-state index contributed by atoms with van der Waals surface area (Å²) in [5, 5.41) is 0. The summed E-state index contributed by atoms with van der Waals surface area (Å²) >= 11 is 0. The van der Waals surface area contributed by atoms with Crippen molar-refractivity contribution in [2.45, 2.75) is 19.4 Å². The Balaban J connectivity index is 3.45. The van der Waals surface area contributed by atoms with Gasteiger partial charge < -0.3 is 5.73 Å². The monoisotopic (exact) mass is 86.1 g/mol. The molecule has 0 fully saturated rings. The molecule has 0 amide bonds. The van der Waals surface area contributed by atoms with Gasteiger partial charge in [-0.1, -0.05) is 6.58 Å². The maximum Gasteiger partial charge on any atom is 0.107 e. The predicted octanol–water partition coefficient (Wildman–Crippen LogP) is 0.193. The Labute approximate surface area is 38.8 Å². The fourth-order valence-corrected chi connectivity index (χ4v) is 0. The Kier molecular flexibility index (Phi) is 1.36. The van der Waals surface area contributed by atoms with E-state index >= 15 is 0 Å². The van der Waals surface area contributed by atoms with E-state index < -0.39 is 0 Å². The van der Waals surface area contributed by atoms with E-state index in [1.807, 2.05) is 19.9 Å². The molecular weight excluding hydrogens is 74.1 g/mol. The summed E-state index contributed by atoms with van der Waals surface area (Å²) in [6.07, 6.45) is 1.83. The van der Waals surface area contributed by atoms with Gasteiger partial charge in [-0.05, 0) is 19.9 Å². The van der Waals surface area contributed by atoms with Gasteiger partial charge in [0.2, 0.25) is 0 Å². The summed E-state index contributed by atoms with van der Waals surface area (Å²) in [5.41, 5.74) is 3.83. The summed E-state index contributed by atoms with van der Waals surface area (Å²) in [6.45, 7) is 7.60. The van der Waals surface area contributed by atoms with Crippen molar-refractivity contribution < 1.29 is 5.73 Å². The van der Waals surface area contributed by atoms with E-state index in [0.29, 0.717) is 0 Å². The number of hydrogen-bond donors (Lipinski definition) is 1. The lowest BCUT2D eigenvalue weighted by Gasteiger charge is -2.04. The molecule has 0 aromatic rings. The van der Waals surface area contributed by atoms with Gasteiger partial charge in [0.1, 0.15) is 5.54 Å². The molecule has 1 nitrogen and oxygen atoms in total. The zero-order valence-corrected chi connectivity index (χ0v) is 4.49. The minimum absolute atomic E-state index is 0.0556. The van der Waals surface area contributed by atoms with Crippen molar-refractivity contribution in [3.63, 3.8) is 0 Å². The fraction of sp³-hybridized carbons (Fsp3) is 0.600. The third kappa shape index (κ3) is 3.70. The fourth-order valence-electron chi connectivity index (χ4n) is 0. The van der Waals surface area contributed by atoms with Crippen LogP contribution in [0.2, 0.25) is 0 Å². The molecule has 0 heterocycles. The van der Waals surface area contributed by atoms with E-state index in [0.717, 1.165) is 0 Å². The molecule has 0 aliphatic heterocycles. The molecule has 0 aromatic carbocycles. The molecule has 0 unspecified atom stereocenters. The quantitative estimate of drug-likeness (QED) is 0.441. The van der Waals surface area contributed by atoms with Gasteiger partial charge in [-0.2, -0.15) is 0 Å². The van der Waals surface area contributed by atoms with Crippen LogP contribution in [-0.4, -0.2) is 5.54 Å². The zero-order chi connectivity index (χ0) is 5.21. The lowest BCUT2D eigenvalue weighted by molar-refractivity contribution is -0.446. The van der Waals surface area contributed by atoms with Crippen molar-refractivity contribution >= 4 is 0 Å². The molecule has 6 heavy (non-hydrogen) atoms. The van der Waals surface area contributed by atoms with E-state index in [2.05, 4.69) is 12.3 Å². The van der Waals surface area contributed by atoms with Crippen LogP contribution in [0.25, 0.3) is 0 Å². The molecule has 0 bridgehead atoms. The highest BCUT2D eigenvalue weighted by Gasteiger charge is 2.05. The van der Waals surface area contributed by atoms with Gasteiger partial charge >= 0.3 is 0 Å². The molecule has 0 atom stereocenters. The zero-order valence-electron chi connectivity index (χ0n) is 4.49. The first-order valence-electron chi connectivity index (χ1n) is 2.05. The van der Waals surface area contributed by atoms with E-state index in [4.69, 9.17) is 0 Å². The summed E-state index contributed by atoms with van der Waals surface area (Å²) in [4.78, 5) is 0. The second-order valence-corrected chi connectivity index (χ2v) is 2.19. The van der Waals surface area contributed by atoms with Crippen LogP contribution in [0, 0.1) is 0 Å². The molecule has 3 N–H and O–H groups in total. The Morgan fingerprint density at radius 1 is 1.67 bits per heavy atom. The third-order valence-electron chi connectivity index (χ3n) is 0.553. The first-order chi connectivity index (χ1) is 2.56. The number of quaternary nitrogens is 1. The van der Waals surface area contributed by atoms with Gasteiger partial charge in [0.05, 0.1) is 0 Å². The highest BCUT2D eigenvalue weighted by Crippen LogP contribution is 1.89. The summed E-state index contributed by atoms with van der Waals surface area (Å²) < 4.78 is 0. The minimum atomic E-state index is 0.0556. The van der Waals surface area contributed by atoms with E-state index in [9.17, 15) is 0 Å². The van der Waals surface area contributed by atoms with Crippen molar-refractivity contribution in [3.8, 4) is 0 Å². The first kappa shape index (κ1) is 5.70. The largest absolute Gasteiger partial charge is 0.350 e. The average Bonchev–Trinajstić information content (AvgIpc) is 1.35. The van der Waals surface area contributed by atoms with Crippen LogP contribution in [0.1, 0.15) is 13.8 Å². The lowest BCUT2D eigenvalue weighted by Crippen LogP contribution is -2.67. The Bertz CT molecular complexity index is 49.4. The highest BCUT2D eigenvalue weighted by molar-refractivity contribution is 4.84.